The molecule has 0 atom stereocenters. The smallest absolute Gasteiger partial charge is 0.123 e. The molecule has 0 aliphatic heterocycles. The lowest BCUT2D eigenvalue weighted by atomic mass is 10.1. The van der Waals surface area contributed by atoms with E-state index in [1.54, 1.807) is 0 Å². The zero-order valence-corrected chi connectivity index (χ0v) is 12.5. The largest absolute Gasteiger partial charge is 0.493 e. The van der Waals surface area contributed by atoms with Crippen molar-refractivity contribution in [1.29, 1.82) is 5.26 Å². The van der Waals surface area contributed by atoms with E-state index in [1.165, 1.54) is 11.1 Å². The maximum Gasteiger partial charge on any atom is 0.123 e. The fourth-order valence-corrected chi connectivity index (χ4v) is 2.33. The highest BCUT2D eigenvalue weighted by molar-refractivity contribution is 5.37. The molecule has 20 heavy (non-hydrogen) atoms. The predicted octanol–water partition coefficient (Wildman–Crippen LogP) is 3.57. The van der Waals surface area contributed by atoms with Gasteiger partial charge in [0.1, 0.15) is 5.75 Å². The zero-order valence-electron chi connectivity index (χ0n) is 12.5. The first-order chi connectivity index (χ1) is 9.69. The maximum absolute atomic E-state index is 8.86. The molecule has 3 heteroatoms. The van der Waals surface area contributed by atoms with E-state index in [9.17, 15) is 0 Å². The van der Waals surface area contributed by atoms with Crippen LogP contribution in [0, 0.1) is 23.7 Å². The van der Waals surface area contributed by atoms with Crippen molar-refractivity contribution in [3.8, 4) is 11.8 Å². The molecule has 0 spiro atoms. The minimum Gasteiger partial charge on any atom is -0.493 e. The first-order valence-corrected chi connectivity index (χ1v) is 7.49. The van der Waals surface area contributed by atoms with Crippen molar-refractivity contribution in [2.75, 3.05) is 13.2 Å². The molecule has 1 aromatic rings. The van der Waals surface area contributed by atoms with Gasteiger partial charge in [0.2, 0.25) is 0 Å². The minimum atomic E-state index is 0.133. The van der Waals surface area contributed by atoms with Crippen LogP contribution in [0.2, 0.25) is 0 Å². The van der Waals surface area contributed by atoms with E-state index in [-0.39, 0.29) is 5.41 Å². The fraction of sp³-hybridized carbons (Fsp3) is 0.588. The number of ether oxygens (including phenoxy) is 1. The van der Waals surface area contributed by atoms with Gasteiger partial charge in [-0.05, 0) is 38.8 Å². The van der Waals surface area contributed by atoms with Gasteiger partial charge in [0, 0.05) is 23.9 Å². The molecule has 2 rings (SSSR count). The van der Waals surface area contributed by atoms with Crippen LogP contribution in [0.3, 0.4) is 0 Å². The summed E-state index contributed by atoms with van der Waals surface area (Å²) in [6.07, 6.45) is 3.99. The summed E-state index contributed by atoms with van der Waals surface area (Å²) >= 11 is 0. The van der Waals surface area contributed by atoms with Crippen LogP contribution in [-0.4, -0.2) is 13.2 Å². The summed E-state index contributed by atoms with van der Waals surface area (Å²) in [5.41, 5.74) is 2.60. The van der Waals surface area contributed by atoms with Crippen molar-refractivity contribution in [1.82, 2.24) is 5.32 Å². The molecule has 0 heterocycles. The second kappa shape index (κ2) is 6.76. The van der Waals surface area contributed by atoms with Crippen LogP contribution in [0.5, 0.6) is 5.75 Å². The van der Waals surface area contributed by atoms with E-state index in [0.717, 1.165) is 38.1 Å². The quantitative estimate of drug-likeness (QED) is 0.736. The lowest BCUT2D eigenvalue weighted by Gasteiger charge is -2.16. The van der Waals surface area contributed by atoms with Crippen molar-refractivity contribution >= 4 is 0 Å². The zero-order chi connectivity index (χ0) is 14.4. The van der Waals surface area contributed by atoms with Gasteiger partial charge in [-0.3, -0.25) is 0 Å². The normalized spacial score (nSPS) is 15.7. The van der Waals surface area contributed by atoms with Gasteiger partial charge < -0.3 is 10.1 Å². The van der Waals surface area contributed by atoms with E-state index in [0.29, 0.717) is 13.0 Å². The predicted molar refractivity (Wildman–Crippen MR) is 80.6 cm³/mol. The van der Waals surface area contributed by atoms with Gasteiger partial charge in [0.15, 0.2) is 0 Å². The Hall–Kier alpha value is -1.53. The summed E-state index contributed by atoms with van der Waals surface area (Å²) in [6.45, 7) is 6.80. The van der Waals surface area contributed by atoms with E-state index in [2.05, 4.69) is 43.4 Å². The van der Waals surface area contributed by atoms with Crippen LogP contribution >= 0.6 is 0 Å². The molecule has 1 N–H and O–H groups in total. The summed E-state index contributed by atoms with van der Waals surface area (Å²) < 4.78 is 6.01. The number of rotatable bonds is 8. The van der Waals surface area contributed by atoms with Gasteiger partial charge in [0.25, 0.3) is 0 Å². The Kier molecular flexibility index (Phi) is 5.03. The molecule has 1 aromatic carbocycles. The standard InChI is InChI=1S/C17H24N2O/c1-3-10-19-12-15-11-14(2)4-5-16(15)20-13-17(6-7-17)8-9-18/h4-5,11,19H,3,6-8,10,12-13H2,1-2H3. The van der Waals surface area contributed by atoms with Crippen molar-refractivity contribution in [3.63, 3.8) is 0 Å². The summed E-state index contributed by atoms with van der Waals surface area (Å²) in [6, 6.07) is 8.60. The molecule has 0 unspecified atom stereocenters. The van der Waals surface area contributed by atoms with Crippen molar-refractivity contribution in [2.24, 2.45) is 5.41 Å². The van der Waals surface area contributed by atoms with E-state index >= 15 is 0 Å². The molecule has 0 aromatic heterocycles. The monoisotopic (exact) mass is 272 g/mol. The van der Waals surface area contributed by atoms with Gasteiger partial charge in [-0.2, -0.15) is 5.26 Å². The van der Waals surface area contributed by atoms with Gasteiger partial charge in [-0.1, -0.05) is 24.6 Å². The molecule has 1 aliphatic rings. The molecule has 0 radical (unpaired) electrons. The Bertz CT molecular complexity index is 486. The Morgan fingerprint density at radius 2 is 2.20 bits per heavy atom. The number of aryl methyl sites for hydroxylation is 1. The molecule has 3 nitrogen and oxygen atoms in total. The number of hydrogen-bond donors (Lipinski definition) is 1. The van der Waals surface area contributed by atoms with E-state index in [4.69, 9.17) is 10.00 Å². The number of nitrogens with one attached hydrogen (secondary N) is 1. The van der Waals surface area contributed by atoms with Gasteiger partial charge in [-0.15, -0.1) is 0 Å². The van der Waals surface area contributed by atoms with Gasteiger partial charge in [0.05, 0.1) is 12.7 Å². The lowest BCUT2D eigenvalue weighted by molar-refractivity contribution is 0.234. The Labute approximate surface area is 121 Å². The van der Waals surface area contributed by atoms with Gasteiger partial charge >= 0.3 is 0 Å². The molecule has 108 valence electrons. The number of nitrogens with zero attached hydrogens (tertiary/aromatic N) is 1. The molecule has 1 saturated carbocycles. The van der Waals surface area contributed by atoms with Crippen molar-refractivity contribution in [3.05, 3.63) is 29.3 Å². The van der Waals surface area contributed by atoms with E-state index in [1.807, 2.05) is 0 Å². The summed E-state index contributed by atoms with van der Waals surface area (Å²) in [5.74, 6) is 0.961. The number of benzene rings is 1. The fourth-order valence-electron chi connectivity index (χ4n) is 2.33. The maximum atomic E-state index is 8.86. The van der Waals surface area contributed by atoms with Crippen LogP contribution in [0.25, 0.3) is 0 Å². The SMILES string of the molecule is CCCNCc1cc(C)ccc1OCC1(CC#N)CC1. The highest BCUT2D eigenvalue weighted by atomic mass is 16.5. The van der Waals surface area contributed by atoms with Crippen LogP contribution in [0.15, 0.2) is 18.2 Å². The third kappa shape index (κ3) is 3.98. The summed E-state index contributed by atoms with van der Waals surface area (Å²) in [5, 5.41) is 12.3. The Balaban J connectivity index is 1.97. The third-order valence-electron chi connectivity index (χ3n) is 3.90. The summed E-state index contributed by atoms with van der Waals surface area (Å²) in [7, 11) is 0. The molecule has 1 aliphatic carbocycles. The van der Waals surface area contributed by atoms with Crippen molar-refractivity contribution in [2.45, 2.75) is 46.1 Å². The molecule has 0 saturated heterocycles. The van der Waals surface area contributed by atoms with Crippen LogP contribution in [-0.2, 0) is 6.54 Å². The molecule has 0 amide bonds. The van der Waals surface area contributed by atoms with Gasteiger partial charge in [-0.25, -0.2) is 0 Å². The second-order valence-corrected chi connectivity index (χ2v) is 5.91. The van der Waals surface area contributed by atoms with Crippen LogP contribution < -0.4 is 10.1 Å². The van der Waals surface area contributed by atoms with Crippen LogP contribution in [0.1, 0.15) is 43.7 Å². The number of hydrogen-bond acceptors (Lipinski definition) is 3. The Morgan fingerprint density at radius 3 is 2.85 bits per heavy atom. The second-order valence-electron chi connectivity index (χ2n) is 5.91. The lowest BCUT2D eigenvalue weighted by Crippen LogP contribution is -2.17. The average Bonchev–Trinajstić information content (AvgIpc) is 3.19. The molecular weight excluding hydrogens is 248 g/mol. The third-order valence-corrected chi connectivity index (χ3v) is 3.90. The summed E-state index contributed by atoms with van der Waals surface area (Å²) in [4.78, 5) is 0. The number of nitriles is 1. The molecular formula is C17H24N2O. The highest BCUT2D eigenvalue weighted by Crippen LogP contribution is 2.48. The topological polar surface area (TPSA) is 45.0 Å². The van der Waals surface area contributed by atoms with E-state index < -0.39 is 0 Å². The Morgan fingerprint density at radius 1 is 1.40 bits per heavy atom. The highest BCUT2D eigenvalue weighted by Gasteiger charge is 2.43. The van der Waals surface area contributed by atoms with Crippen LogP contribution in [0.4, 0.5) is 0 Å². The molecule has 0 bridgehead atoms. The minimum absolute atomic E-state index is 0.133. The van der Waals surface area contributed by atoms with Crippen molar-refractivity contribution < 1.29 is 4.74 Å². The first-order valence-electron chi connectivity index (χ1n) is 7.49. The molecule has 1 fully saturated rings. The first kappa shape index (κ1) is 14.9. The average molecular weight is 272 g/mol.